The average Bonchev–Trinajstić information content (AvgIpc) is 2.89. The van der Waals surface area contributed by atoms with Gasteiger partial charge in [-0.15, -0.1) is 0 Å². The maximum atomic E-state index is 5.77. The second-order valence-corrected chi connectivity index (χ2v) is 5.91. The van der Waals surface area contributed by atoms with Crippen LogP contribution in [-0.4, -0.2) is 46.1 Å². The summed E-state index contributed by atoms with van der Waals surface area (Å²) in [5.74, 6) is 1.59. The number of aromatic nitrogens is 5. The molecular weight excluding hydrogens is 392 g/mol. The fraction of sp³-hybridized carbons (Fsp3) is 0.333. The smallest absolute Gasteiger partial charge is 0.223 e. The molecule has 0 fully saturated rings. The first-order chi connectivity index (χ1) is 12.0. The molecule has 0 bridgehead atoms. The van der Waals surface area contributed by atoms with Gasteiger partial charge in [-0.05, 0) is 22.9 Å². The molecule has 0 saturated heterocycles. The molecule has 0 aromatic carbocycles. The second-order valence-electron chi connectivity index (χ2n) is 5.15. The maximum Gasteiger partial charge on any atom is 0.223 e. The monoisotopic (exact) mass is 408 g/mol. The van der Waals surface area contributed by atoms with Crippen LogP contribution in [0.2, 0.25) is 0 Å². The normalized spacial score (nSPS) is 10.9. The Morgan fingerprint density at radius 2 is 1.84 bits per heavy atom. The molecule has 25 heavy (non-hydrogen) atoms. The van der Waals surface area contributed by atoms with Crippen molar-refractivity contribution in [1.82, 2.24) is 24.7 Å². The van der Waals surface area contributed by atoms with E-state index in [0.29, 0.717) is 39.7 Å². The van der Waals surface area contributed by atoms with Crippen LogP contribution in [0.15, 0.2) is 10.8 Å². The molecule has 0 aliphatic rings. The van der Waals surface area contributed by atoms with Gasteiger partial charge in [0, 0.05) is 0 Å². The van der Waals surface area contributed by atoms with E-state index in [1.54, 1.807) is 32.2 Å². The number of nitrogen functional groups attached to an aromatic ring is 1. The SMILES string of the molecule is COc1cnc(Cn2nc(C)c3c(Br)nc(N)nc32)c(OC)c1OC. The molecule has 0 radical (unpaired) electrons. The zero-order valence-corrected chi connectivity index (χ0v) is 15.8. The molecule has 3 heterocycles. The summed E-state index contributed by atoms with van der Waals surface area (Å²) in [6.45, 7) is 2.19. The van der Waals surface area contributed by atoms with Crippen molar-refractivity contribution in [3.05, 3.63) is 22.2 Å². The average molecular weight is 409 g/mol. The number of nitrogens with zero attached hydrogens (tertiary/aromatic N) is 5. The lowest BCUT2D eigenvalue weighted by molar-refractivity contribution is 0.318. The summed E-state index contributed by atoms with van der Waals surface area (Å²) >= 11 is 3.41. The highest BCUT2D eigenvalue weighted by Crippen LogP contribution is 2.38. The molecule has 0 unspecified atom stereocenters. The maximum absolute atomic E-state index is 5.77. The minimum absolute atomic E-state index is 0.160. The molecule has 3 aromatic heterocycles. The predicted molar refractivity (Wildman–Crippen MR) is 95.2 cm³/mol. The number of hydrogen-bond acceptors (Lipinski definition) is 8. The van der Waals surface area contributed by atoms with Crippen molar-refractivity contribution >= 4 is 32.9 Å². The third-order valence-corrected chi connectivity index (χ3v) is 4.27. The molecule has 0 saturated carbocycles. The molecule has 0 aliphatic carbocycles. The third kappa shape index (κ3) is 2.93. The van der Waals surface area contributed by atoms with E-state index in [2.05, 4.69) is 36.0 Å². The van der Waals surface area contributed by atoms with Crippen molar-refractivity contribution in [2.75, 3.05) is 27.1 Å². The van der Waals surface area contributed by atoms with E-state index < -0.39 is 0 Å². The number of rotatable bonds is 5. The van der Waals surface area contributed by atoms with E-state index >= 15 is 0 Å². The highest BCUT2D eigenvalue weighted by Gasteiger charge is 2.20. The van der Waals surface area contributed by atoms with Gasteiger partial charge in [0.2, 0.25) is 11.7 Å². The number of pyridine rings is 1. The lowest BCUT2D eigenvalue weighted by atomic mass is 10.2. The summed E-state index contributed by atoms with van der Waals surface area (Å²) in [4.78, 5) is 12.8. The van der Waals surface area contributed by atoms with Crippen molar-refractivity contribution in [3.8, 4) is 17.2 Å². The van der Waals surface area contributed by atoms with Crippen LogP contribution in [0.1, 0.15) is 11.4 Å². The summed E-state index contributed by atoms with van der Waals surface area (Å²) < 4.78 is 18.4. The number of anilines is 1. The zero-order valence-electron chi connectivity index (χ0n) is 14.2. The van der Waals surface area contributed by atoms with Crippen LogP contribution >= 0.6 is 15.9 Å². The summed E-state index contributed by atoms with van der Waals surface area (Å²) in [5.41, 5.74) is 7.77. The van der Waals surface area contributed by atoms with Crippen molar-refractivity contribution in [2.24, 2.45) is 0 Å². The molecule has 10 heteroatoms. The second kappa shape index (κ2) is 6.71. The molecule has 0 atom stereocenters. The number of methoxy groups -OCH3 is 3. The van der Waals surface area contributed by atoms with Crippen molar-refractivity contribution in [2.45, 2.75) is 13.5 Å². The third-order valence-electron chi connectivity index (χ3n) is 3.70. The van der Waals surface area contributed by atoms with Gasteiger partial charge in [-0.1, -0.05) is 0 Å². The molecular formula is C15H17BrN6O3. The van der Waals surface area contributed by atoms with Crippen molar-refractivity contribution in [1.29, 1.82) is 0 Å². The van der Waals surface area contributed by atoms with Crippen molar-refractivity contribution in [3.63, 3.8) is 0 Å². The Balaban J connectivity index is 2.14. The minimum Gasteiger partial charge on any atom is -0.491 e. The van der Waals surface area contributed by atoms with Gasteiger partial charge in [-0.3, -0.25) is 4.98 Å². The molecule has 2 N–H and O–H groups in total. The van der Waals surface area contributed by atoms with Gasteiger partial charge in [-0.25, -0.2) is 9.67 Å². The lowest BCUT2D eigenvalue weighted by Gasteiger charge is -2.15. The number of aryl methyl sites for hydroxylation is 1. The van der Waals surface area contributed by atoms with Crippen molar-refractivity contribution < 1.29 is 14.2 Å². The highest BCUT2D eigenvalue weighted by atomic mass is 79.9. The molecule has 0 spiro atoms. The Kier molecular flexibility index (Phi) is 4.62. The van der Waals surface area contributed by atoms with Crippen LogP contribution in [0, 0.1) is 6.92 Å². The lowest BCUT2D eigenvalue weighted by Crippen LogP contribution is -2.09. The molecule has 132 valence electrons. The topological polar surface area (TPSA) is 110 Å². The zero-order chi connectivity index (χ0) is 18.1. The predicted octanol–water partition coefficient (Wildman–Crippen LogP) is 1.95. The number of ether oxygens (including phenoxy) is 3. The molecule has 3 rings (SSSR count). The highest BCUT2D eigenvalue weighted by molar-refractivity contribution is 9.10. The standard InChI is InChI=1S/C15H17BrN6O3/c1-7-10-13(16)19-15(17)20-14(10)22(21-7)6-8-11(24-3)12(25-4)9(23-2)5-18-8/h5H,6H2,1-4H3,(H2,17,19,20). The molecule has 0 aliphatic heterocycles. The van der Waals surface area contributed by atoms with Gasteiger partial charge < -0.3 is 19.9 Å². The number of nitrogens with two attached hydrogens (primary N) is 1. The Bertz CT molecular complexity index is 943. The fourth-order valence-electron chi connectivity index (χ4n) is 2.63. The Morgan fingerprint density at radius 1 is 1.12 bits per heavy atom. The van der Waals surface area contributed by atoms with E-state index in [1.165, 1.54) is 0 Å². The van der Waals surface area contributed by atoms with Gasteiger partial charge in [0.05, 0.1) is 45.2 Å². The molecule has 9 nitrogen and oxygen atoms in total. The quantitative estimate of drug-likeness (QED) is 0.637. The fourth-order valence-corrected chi connectivity index (χ4v) is 3.27. The first kappa shape index (κ1) is 17.2. The van der Waals surface area contributed by atoms with E-state index in [-0.39, 0.29) is 5.95 Å². The largest absolute Gasteiger partial charge is 0.491 e. The van der Waals surface area contributed by atoms with E-state index in [9.17, 15) is 0 Å². The van der Waals surface area contributed by atoms with E-state index in [4.69, 9.17) is 19.9 Å². The Morgan fingerprint density at radius 3 is 2.48 bits per heavy atom. The van der Waals surface area contributed by atoms with E-state index in [0.717, 1.165) is 11.1 Å². The summed E-state index contributed by atoms with van der Waals surface area (Å²) in [6.07, 6.45) is 1.58. The summed E-state index contributed by atoms with van der Waals surface area (Å²) in [6, 6.07) is 0. The summed E-state index contributed by atoms with van der Waals surface area (Å²) in [7, 11) is 4.63. The van der Waals surface area contributed by atoms with Crippen LogP contribution in [-0.2, 0) is 6.54 Å². The molecule has 3 aromatic rings. The van der Waals surface area contributed by atoms with Gasteiger partial charge in [0.25, 0.3) is 0 Å². The van der Waals surface area contributed by atoms with Gasteiger partial charge in [0.1, 0.15) is 10.3 Å². The Labute approximate surface area is 152 Å². The van der Waals surface area contributed by atoms with Gasteiger partial charge >= 0.3 is 0 Å². The van der Waals surface area contributed by atoms with Crippen LogP contribution in [0.5, 0.6) is 17.2 Å². The number of halogens is 1. The van der Waals surface area contributed by atoms with Gasteiger partial charge in [0.15, 0.2) is 17.1 Å². The van der Waals surface area contributed by atoms with Gasteiger partial charge in [-0.2, -0.15) is 10.1 Å². The summed E-state index contributed by atoms with van der Waals surface area (Å²) in [5, 5.41) is 5.32. The Hall–Kier alpha value is -2.62. The van der Waals surface area contributed by atoms with E-state index in [1.807, 2.05) is 6.92 Å². The van der Waals surface area contributed by atoms with Crippen LogP contribution < -0.4 is 19.9 Å². The number of hydrogen-bond donors (Lipinski definition) is 1. The van der Waals surface area contributed by atoms with Crippen LogP contribution in [0.4, 0.5) is 5.95 Å². The molecule has 0 amide bonds. The van der Waals surface area contributed by atoms with Crippen LogP contribution in [0.3, 0.4) is 0 Å². The minimum atomic E-state index is 0.160. The van der Waals surface area contributed by atoms with Crippen LogP contribution in [0.25, 0.3) is 11.0 Å². The first-order valence-electron chi connectivity index (χ1n) is 7.30. The first-order valence-corrected chi connectivity index (χ1v) is 8.09. The number of fused-ring (bicyclic) bond motifs is 1.